The van der Waals surface area contributed by atoms with Gasteiger partial charge in [0, 0.05) is 5.56 Å². The normalized spacial score (nSPS) is 11.3. The van der Waals surface area contributed by atoms with Crippen molar-refractivity contribution >= 4 is 10.0 Å². The summed E-state index contributed by atoms with van der Waals surface area (Å²) in [4.78, 5) is 0. The molecule has 0 aliphatic rings. The summed E-state index contributed by atoms with van der Waals surface area (Å²) in [6.45, 7) is -1.63. The van der Waals surface area contributed by atoms with Crippen molar-refractivity contribution in [3.05, 3.63) is 34.6 Å². The van der Waals surface area contributed by atoms with Gasteiger partial charge in [-0.15, -0.1) is 0 Å². The molecular formula is C11H6F5N3O2S. The summed E-state index contributed by atoms with van der Waals surface area (Å²) in [6.07, 6.45) is 0. The van der Waals surface area contributed by atoms with Gasteiger partial charge in [0.1, 0.15) is 13.1 Å². The van der Waals surface area contributed by atoms with Crippen LogP contribution in [0.25, 0.3) is 0 Å². The van der Waals surface area contributed by atoms with Crippen molar-refractivity contribution in [2.75, 3.05) is 13.1 Å². The summed E-state index contributed by atoms with van der Waals surface area (Å²) in [5.74, 6) is -13.1. The van der Waals surface area contributed by atoms with E-state index in [1.807, 2.05) is 0 Å². The fourth-order valence-corrected chi connectivity index (χ4v) is 2.77. The first-order valence-corrected chi connectivity index (χ1v) is 7.00. The summed E-state index contributed by atoms with van der Waals surface area (Å²) in [5, 5.41) is 16.9. The van der Waals surface area contributed by atoms with Crippen LogP contribution in [0.1, 0.15) is 5.56 Å². The molecule has 0 unspecified atom stereocenters. The Morgan fingerprint density at radius 2 is 1.18 bits per heavy atom. The minimum Gasteiger partial charge on any atom is -0.212 e. The monoisotopic (exact) mass is 339 g/mol. The quantitative estimate of drug-likeness (QED) is 0.353. The minimum absolute atomic E-state index is 0.255. The Kier molecular flexibility index (Phi) is 5.41. The highest BCUT2D eigenvalue weighted by atomic mass is 32.2. The van der Waals surface area contributed by atoms with E-state index in [0.29, 0.717) is 0 Å². The summed E-state index contributed by atoms with van der Waals surface area (Å²) in [7, 11) is -4.64. The number of nitriles is 2. The molecular weight excluding hydrogens is 333 g/mol. The van der Waals surface area contributed by atoms with Crippen molar-refractivity contribution in [1.82, 2.24) is 4.31 Å². The van der Waals surface area contributed by atoms with E-state index >= 15 is 0 Å². The lowest BCUT2D eigenvalue weighted by Crippen LogP contribution is -2.33. The Bertz CT molecular complexity index is 737. The molecule has 0 aromatic heterocycles. The molecule has 0 aliphatic heterocycles. The fraction of sp³-hybridized carbons (Fsp3) is 0.273. The molecule has 0 amide bonds. The molecule has 22 heavy (non-hydrogen) atoms. The first-order chi connectivity index (χ1) is 10.2. The molecule has 0 saturated heterocycles. The fourth-order valence-electron chi connectivity index (χ4n) is 1.46. The number of rotatable bonds is 5. The molecule has 0 N–H and O–H groups in total. The van der Waals surface area contributed by atoms with Gasteiger partial charge in [0.15, 0.2) is 23.3 Å². The zero-order valence-electron chi connectivity index (χ0n) is 10.6. The van der Waals surface area contributed by atoms with E-state index < -0.39 is 63.5 Å². The van der Waals surface area contributed by atoms with E-state index in [1.54, 1.807) is 0 Å². The highest BCUT2D eigenvalue weighted by Crippen LogP contribution is 2.25. The molecule has 0 saturated carbocycles. The SMILES string of the molecule is N#CCN(CC#N)S(=O)(=O)Cc1c(F)c(F)c(F)c(F)c1F. The topological polar surface area (TPSA) is 85.0 Å². The van der Waals surface area contributed by atoms with E-state index in [9.17, 15) is 30.4 Å². The molecule has 0 radical (unpaired) electrons. The van der Waals surface area contributed by atoms with E-state index in [0.717, 1.165) is 0 Å². The first kappa shape index (κ1) is 17.8. The van der Waals surface area contributed by atoms with Gasteiger partial charge in [-0.1, -0.05) is 0 Å². The average molecular weight is 339 g/mol. The standard InChI is InChI=1S/C11H6F5N3O2S/c12-7-6(8(13)10(15)11(16)9(7)14)5-22(20,21)19(3-1-17)4-2-18/h3-5H2. The van der Waals surface area contributed by atoms with Crippen LogP contribution in [0.5, 0.6) is 0 Å². The maximum Gasteiger partial charge on any atom is 0.220 e. The summed E-state index contributed by atoms with van der Waals surface area (Å²) < 4.78 is 89.7. The summed E-state index contributed by atoms with van der Waals surface area (Å²) in [5.41, 5.74) is -1.56. The van der Waals surface area contributed by atoms with E-state index in [4.69, 9.17) is 10.5 Å². The average Bonchev–Trinajstić information content (AvgIpc) is 2.47. The molecule has 118 valence electrons. The van der Waals surface area contributed by atoms with Crippen LogP contribution in [0, 0.1) is 51.7 Å². The lowest BCUT2D eigenvalue weighted by Gasteiger charge is -2.16. The van der Waals surface area contributed by atoms with Crippen LogP contribution < -0.4 is 0 Å². The Morgan fingerprint density at radius 1 is 0.818 bits per heavy atom. The second-order valence-corrected chi connectivity index (χ2v) is 5.86. The maximum absolute atomic E-state index is 13.4. The minimum atomic E-state index is -4.64. The van der Waals surface area contributed by atoms with Crippen LogP contribution in [0.3, 0.4) is 0 Å². The predicted molar refractivity (Wildman–Crippen MR) is 61.7 cm³/mol. The van der Waals surface area contributed by atoms with Crippen LogP contribution in [0.15, 0.2) is 0 Å². The number of hydrogen-bond donors (Lipinski definition) is 0. The van der Waals surface area contributed by atoms with Gasteiger partial charge in [-0.3, -0.25) is 0 Å². The molecule has 0 spiro atoms. The summed E-state index contributed by atoms with van der Waals surface area (Å²) >= 11 is 0. The first-order valence-electron chi connectivity index (χ1n) is 5.39. The zero-order chi connectivity index (χ0) is 17.1. The van der Waals surface area contributed by atoms with Crippen molar-refractivity contribution < 1.29 is 30.4 Å². The number of sulfonamides is 1. The van der Waals surface area contributed by atoms with Crippen LogP contribution in [0.2, 0.25) is 0 Å². The van der Waals surface area contributed by atoms with E-state index in [-0.39, 0.29) is 4.31 Å². The van der Waals surface area contributed by atoms with Crippen molar-refractivity contribution in [2.24, 2.45) is 0 Å². The third kappa shape index (κ3) is 3.32. The van der Waals surface area contributed by atoms with Crippen molar-refractivity contribution in [2.45, 2.75) is 5.75 Å². The van der Waals surface area contributed by atoms with Gasteiger partial charge >= 0.3 is 0 Å². The van der Waals surface area contributed by atoms with Crippen LogP contribution in [-0.4, -0.2) is 25.8 Å². The van der Waals surface area contributed by atoms with E-state index in [1.165, 1.54) is 12.1 Å². The predicted octanol–water partition coefficient (Wildman–Crippen LogP) is 1.56. The molecule has 1 rings (SSSR count). The van der Waals surface area contributed by atoms with Crippen molar-refractivity contribution in [3.8, 4) is 12.1 Å². The number of halogens is 5. The Morgan fingerprint density at radius 3 is 1.55 bits per heavy atom. The van der Waals surface area contributed by atoms with Gasteiger partial charge in [0.25, 0.3) is 0 Å². The van der Waals surface area contributed by atoms with Gasteiger partial charge in [-0.25, -0.2) is 30.4 Å². The number of benzene rings is 1. The van der Waals surface area contributed by atoms with Gasteiger partial charge in [-0.2, -0.15) is 14.8 Å². The Hall–Kier alpha value is -2.24. The molecule has 0 heterocycles. The number of hydrogen-bond acceptors (Lipinski definition) is 4. The highest BCUT2D eigenvalue weighted by Gasteiger charge is 2.31. The lowest BCUT2D eigenvalue weighted by molar-refractivity contribution is 0.371. The summed E-state index contributed by atoms with van der Waals surface area (Å²) in [6, 6.07) is 2.81. The highest BCUT2D eigenvalue weighted by molar-refractivity contribution is 7.88. The Labute approximate surface area is 121 Å². The van der Waals surface area contributed by atoms with Crippen LogP contribution in [0.4, 0.5) is 22.0 Å². The molecule has 0 bridgehead atoms. The van der Waals surface area contributed by atoms with Crippen molar-refractivity contribution in [1.29, 1.82) is 10.5 Å². The van der Waals surface area contributed by atoms with Crippen molar-refractivity contribution in [3.63, 3.8) is 0 Å². The molecule has 11 heteroatoms. The van der Waals surface area contributed by atoms with Gasteiger partial charge in [0.05, 0.1) is 17.9 Å². The van der Waals surface area contributed by atoms with Gasteiger partial charge in [0.2, 0.25) is 15.8 Å². The second kappa shape index (κ2) is 6.68. The zero-order valence-corrected chi connectivity index (χ0v) is 11.4. The van der Waals surface area contributed by atoms with Crippen LogP contribution in [-0.2, 0) is 15.8 Å². The van der Waals surface area contributed by atoms with Gasteiger partial charge < -0.3 is 0 Å². The second-order valence-electron chi connectivity index (χ2n) is 3.89. The molecule has 0 atom stereocenters. The number of nitrogens with zero attached hydrogens (tertiary/aromatic N) is 3. The third-order valence-electron chi connectivity index (χ3n) is 2.51. The Balaban J connectivity index is 3.36. The molecule has 0 aliphatic carbocycles. The van der Waals surface area contributed by atoms with E-state index in [2.05, 4.69) is 0 Å². The van der Waals surface area contributed by atoms with Gasteiger partial charge in [-0.05, 0) is 0 Å². The maximum atomic E-state index is 13.4. The molecule has 0 fully saturated rings. The third-order valence-corrected chi connectivity index (χ3v) is 4.21. The lowest BCUT2D eigenvalue weighted by atomic mass is 10.2. The van der Waals surface area contributed by atoms with Crippen LogP contribution >= 0.6 is 0 Å². The molecule has 5 nitrogen and oxygen atoms in total. The smallest absolute Gasteiger partial charge is 0.212 e. The molecule has 1 aromatic rings. The largest absolute Gasteiger partial charge is 0.220 e. The molecule has 1 aromatic carbocycles.